The van der Waals surface area contributed by atoms with Crippen LogP contribution in [0.25, 0.3) is 0 Å². The second-order valence-corrected chi connectivity index (χ2v) is 8.09. The molecule has 0 aliphatic rings. The van der Waals surface area contributed by atoms with E-state index in [0.717, 1.165) is 5.56 Å². The smallest absolute Gasteiger partial charge is 0.335 e. The second kappa shape index (κ2) is 8.76. The average molecular weight is 376 g/mol. The third kappa shape index (κ3) is 5.81. The van der Waals surface area contributed by atoms with Crippen LogP contribution < -0.4 is 10.4 Å². The van der Waals surface area contributed by atoms with Crippen LogP contribution in [-0.4, -0.2) is 36.8 Å². The first-order valence-corrected chi connectivity index (χ1v) is 9.97. The van der Waals surface area contributed by atoms with Crippen molar-refractivity contribution in [2.45, 2.75) is 12.5 Å². The number of carboxylic acid groups (broad SMARTS) is 1. The lowest BCUT2D eigenvalue weighted by molar-refractivity contribution is -0.117. The van der Waals surface area contributed by atoms with Crippen LogP contribution in [0.15, 0.2) is 54.6 Å². The first kappa shape index (κ1) is 19.8. The lowest BCUT2D eigenvalue weighted by Crippen LogP contribution is -2.40. The monoisotopic (exact) mass is 376 g/mol. The number of hydrogen-bond donors (Lipinski definition) is 3. The van der Waals surface area contributed by atoms with Crippen molar-refractivity contribution >= 4 is 25.1 Å². The summed E-state index contributed by atoms with van der Waals surface area (Å²) in [5.74, 6) is -1.44. The van der Waals surface area contributed by atoms with Crippen LogP contribution in [0.4, 0.5) is 5.69 Å². The molecule has 2 aromatic carbocycles. The van der Waals surface area contributed by atoms with Gasteiger partial charge in [0.25, 0.3) is 7.52 Å². The molecule has 0 spiro atoms. The Morgan fingerprint density at radius 3 is 2.27 bits per heavy atom. The highest BCUT2D eigenvalue weighted by atomic mass is 31.2. The molecule has 0 aliphatic carbocycles. The molecular formula is C18H21N2O5P. The van der Waals surface area contributed by atoms with Crippen molar-refractivity contribution in [3.05, 3.63) is 65.7 Å². The van der Waals surface area contributed by atoms with Gasteiger partial charge in [-0.05, 0) is 36.2 Å². The molecule has 0 saturated heterocycles. The normalized spacial score (nSPS) is 14.2. The molecule has 138 valence electrons. The fourth-order valence-corrected chi connectivity index (χ4v) is 3.19. The molecule has 0 bridgehead atoms. The summed E-state index contributed by atoms with van der Waals surface area (Å²) in [7, 11) is -1.82. The molecule has 0 aromatic heterocycles. The third-order valence-corrected chi connectivity index (χ3v) is 5.21. The van der Waals surface area contributed by atoms with Gasteiger partial charge in [-0.25, -0.2) is 9.88 Å². The van der Waals surface area contributed by atoms with Gasteiger partial charge in [-0.2, -0.15) is 0 Å². The van der Waals surface area contributed by atoms with Gasteiger partial charge in [0.15, 0.2) is 0 Å². The van der Waals surface area contributed by atoms with E-state index in [0.29, 0.717) is 12.1 Å². The molecule has 1 amide bonds. The number of aromatic carboxylic acids is 1. The molecule has 7 nitrogen and oxygen atoms in total. The van der Waals surface area contributed by atoms with Crippen LogP contribution >= 0.6 is 7.52 Å². The average Bonchev–Trinajstić information content (AvgIpc) is 2.62. The van der Waals surface area contributed by atoms with Gasteiger partial charge in [0, 0.05) is 19.5 Å². The number of rotatable bonds is 8. The van der Waals surface area contributed by atoms with Gasteiger partial charge in [0.1, 0.15) is 0 Å². The number of amides is 1. The second-order valence-electron chi connectivity index (χ2n) is 5.77. The van der Waals surface area contributed by atoms with Gasteiger partial charge in [-0.1, -0.05) is 30.3 Å². The zero-order valence-corrected chi connectivity index (χ0v) is 15.4. The van der Waals surface area contributed by atoms with Gasteiger partial charge in [0.05, 0.1) is 11.6 Å². The highest BCUT2D eigenvalue weighted by Crippen LogP contribution is 2.37. The van der Waals surface area contributed by atoms with E-state index in [1.165, 1.54) is 38.0 Å². The van der Waals surface area contributed by atoms with Gasteiger partial charge in [0.2, 0.25) is 5.91 Å². The van der Waals surface area contributed by atoms with E-state index >= 15 is 0 Å². The molecule has 1 unspecified atom stereocenters. The Labute approximate surface area is 151 Å². The number of carboxylic acids is 1. The molecule has 2 atom stereocenters. The first-order chi connectivity index (χ1) is 12.3. The Hall–Kier alpha value is -2.47. The van der Waals surface area contributed by atoms with E-state index < -0.39 is 25.4 Å². The number of carbonyl (C=O) groups excluding carboxylic acids is 1. The molecule has 0 saturated carbocycles. The summed E-state index contributed by atoms with van der Waals surface area (Å²) in [6.07, 6.45) is 0.321. The Balaban J connectivity index is 2.16. The van der Waals surface area contributed by atoms with Gasteiger partial charge >= 0.3 is 5.97 Å². The largest absolute Gasteiger partial charge is 0.478 e. The van der Waals surface area contributed by atoms with Crippen molar-refractivity contribution in [3.63, 3.8) is 0 Å². The number of benzene rings is 2. The van der Waals surface area contributed by atoms with Crippen molar-refractivity contribution < 1.29 is 23.8 Å². The molecule has 2 aromatic rings. The maximum absolute atomic E-state index is 12.7. The summed E-state index contributed by atoms with van der Waals surface area (Å²) in [6, 6.07) is 14.4. The summed E-state index contributed by atoms with van der Waals surface area (Å²) in [5.41, 5.74) is 1.47. The Morgan fingerprint density at radius 1 is 1.12 bits per heavy atom. The Morgan fingerprint density at radius 2 is 1.73 bits per heavy atom. The van der Waals surface area contributed by atoms with Crippen LogP contribution in [0.3, 0.4) is 0 Å². The summed E-state index contributed by atoms with van der Waals surface area (Å²) in [5, 5.41) is 14.4. The Bertz CT molecular complexity index is 808. The summed E-state index contributed by atoms with van der Waals surface area (Å²) in [4.78, 5) is 23.6. The molecule has 26 heavy (non-hydrogen) atoms. The lowest BCUT2D eigenvalue weighted by atomic mass is 10.1. The predicted molar refractivity (Wildman–Crippen MR) is 99.6 cm³/mol. The molecule has 0 aliphatic heterocycles. The molecule has 0 heterocycles. The quantitative estimate of drug-likeness (QED) is 0.612. The minimum Gasteiger partial charge on any atom is -0.478 e. The van der Waals surface area contributed by atoms with E-state index in [1.54, 1.807) is 0 Å². The molecule has 2 rings (SSSR count). The highest BCUT2D eigenvalue weighted by molar-refractivity contribution is 7.56. The Kier molecular flexibility index (Phi) is 6.69. The van der Waals surface area contributed by atoms with Crippen LogP contribution in [0.5, 0.6) is 0 Å². The first-order valence-electron chi connectivity index (χ1n) is 7.90. The van der Waals surface area contributed by atoms with E-state index in [-0.39, 0.29) is 5.56 Å². The van der Waals surface area contributed by atoms with Crippen molar-refractivity contribution in [2.24, 2.45) is 0 Å². The standard InChI is InChI=1S/C18H21N2O5P/c1-25-26(2,24)20-16(12-13-6-4-3-5-7-13)17(21)19-15-10-8-14(9-11-15)18(22)23/h3-11,16H,12H2,1-2H3,(H,19,21)(H,20,24)(H,22,23)/t16-,26?/m0/s1. The van der Waals surface area contributed by atoms with Crippen molar-refractivity contribution in [1.29, 1.82) is 0 Å². The number of hydrogen-bond acceptors (Lipinski definition) is 4. The molecule has 3 N–H and O–H groups in total. The number of carbonyl (C=O) groups is 2. The maximum atomic E-state index is 12.7. The topological polar surface area (TPSA) is 105 Å². The minimum atomic E-state index is -3.13. The fourth-order valence-electron chi connectivity index (χ4n) is 2.31. The maximum Gasteiger partial charge on any atom is 0.335 e. The summed E-state index contributed by atoms with van der Waals surface area (Å²) < 4.78 is 17.2. The van der Waals surface area contributed by atoms with Gasteiger partial charge < -0.3 is 14.9 Å². The third-order valence-electron chi connectivity index (χ3n) is 3.74. The highest BCUT2D eigenvalue weighted by Gasteiger charge is 2.26. The molecule has 0 radical (unpaired) electrons. The van der Waals surface area contributed by atoms with Gasteiger partial charge in [-0.15, -0.1) is 0 Å². The van der Waals surface area contributed by atoms with Crippen molar-refractivity contribution in [2.75, 3.05) is 19.1 Å². The minimum absolute atomic E-state index is 0.124. The van der Waals surface area contributed by atoms with E-state index in [2.05, 4.69) is 10.4 Å². The SMILES string of the molecule is COP(C)(=O)N[C@@H](Cc1ccccc1)C(=O)Nc1ccc(C(=O)O)cc1. The van der Waals surface area contributed by atoms with Crippen molar-refractivity contribution in [3.8, 4) is 0 Å². The van der Waals surface area contributed by atoms with E-state index in [9.17, 15) is 14.2 Å². The summed E-state index contributed by atoms with van der Waals surface area (Å²) >= 11 is 0. The van der Waals surface area contributed by atoms with E-state index in [1.807, 2.05) is 30.3 Å². The fraction of sp³-hybridized carbons (Fsp3) is 0.222. The van der Waals surface area contributed by atoms with Gasteiger partial charge in [-0.3, -0.25) is 9.36 Å². The van der Waals surface area contributed by atoms with Crippen molar-refractivity contribution in [1.82, 2.24) is 5.09 Å². The van der Waals surface area contributed by atoms with Crippen LogP contribution in [0.2, 0.25) is 0 Å². The van der Waals surface area contributed by atoms with Crippen LogP contribution in [0, 0.1) is 0 Å². The number of nitrogens with one attached hydrogen (secondary N) is 2. The zero-order chi connectivity index (χ0) is 19.2. The molecule has 8 heteroatoms. The van der Waals surface area contributed by atoms with Crippen LogP contribution in [-0.2, 0) is 20.3 Å². The zero-order valence-electron chi connectivity index (χ0n) is 14.5. The predicted octanol–water partition coefficient (Wildman–Crippen LogP) is 2.99. The number of anilines is 1. The van der Waals surface area contributed by atoms with Crippen LogP contribution in [0.1, 0.15) is 15.9 Å². The lowest BCUT2D eigenvalue weighted by Gasteiger charge is -2.22. The molecule has 0 fully saturated rings. The molecular weight excluding hydrogens is 355 g/mol. The van der Waals surface area contributed by atoms with E-state index in [4.69, 9.17) is 9.63 Å². The summed E-state index contributed by atoms with van der Waals surface area (Å²) in [6.45, 7) is 1.40.